The van der Waals surface area contributed by atoms with Gasteiger partial charge in [-0.3, -0.25) is 14.5 Å². The number of fused-ring (bicyclic) bond motifs is 3. The Morgan fingerprint density at radius 1 is 0.931 bits per heavy atom. The Bertz CT molecular complexity index is 869. The normalized spacial score (nSPS) is 25.3. The van der Waals surface area contributed by atoms with Gasteiger partial charge in [0.1, 0.15) is 17.2 Å². The average molecular weight is 394 g/mol. The second-order valence-corrected chi connectivity index (χ2v) is 7.80. The molecule has 2 aromatic carbocycles. The molecule has 3 aliphatic rings. The molecule has 0 spiro atoms. The van der Waals surface area contributed by atoms with Gasteiger partial charge in [-0.15, -0.1) is 0 Å². The third-order valence-corrected chi connectivity index (χ3v) is 5.91. The number of nitrogens with one attached hydrogen (secondary N) is 1. The first-order valence-corrected chi connectivity index (χ1v) is 10.1. The molecule has 3 heterocycles. The monoisotopic (exact) mass is 394 g/mol. The predicted octanol–water partition coefficient (Wildman–Crippen LogP) is 3.62. The molecule has 3 saturated heterocycles. The third kappa shape index (κ3) is 4.43. The summed E-state index contributed by atoms with van der Waals surface area (Å²) in [6.07, 6.45) is 2.33. The van der Waals surface area contributed by atoms with Gasteiger partial charge in [0.25, 0.3) is 5.91 Å². The van der Waals surface area contributed by atoms with E-state index in [4.69, 9.17) is 9.47 Å². The summed E-state index contributed by atoms with van der Waals surface area (Å²) in [5.74, 6) is 1.92. The smallest absolute Gasteiger partial charge is 0.308 e. The van der Waals surface area contributed by atoms with Crippen LogP contribution < -0.4 is 14.8 Å². The fourth-order valence-corrected chi connectivity index (χ4v) is 4.33. The lowest BCUT2D eigenvalue weighted by Gasteiger charge is -2.49. The number of amides is 1. The highest BCUT2D eigenvalue weighted by Crippen LogP contribution is 2.32. The van der Waals surface area contributed by atoms with Crippen LogP contribution in [0.5, 0.6) is 17.2 Å². The van der Waals surface area contributed by atoms with Gasteiger partial charge in [-0.25, -0.2) is 0 Å². The van der Waals surface area contributed by atoms with Crippen LogP contribution in [-0.2, 0) is 4.79 Å². The Morgan fingerprint density at radius 3 is 2.03 bits per heavy atom. The fraction of sp³-hybridized carbons (Fsp3) is 0.391. The number of rotatable bonds is 5. The van der Waals surface area contributed by atoms with E-state index in [-0.39, 0.29) is 17.9 Å². The van der Waals surface area contributed by atoms with Gasteiger partial charge < -0.3 is 14.8 Å². The van der Waals surface area contributed by atoms with Crippen molar-refractivity contribution in [3.8, 4) is 17.2 Å². The molecule has 0 radical (unpaired) electrons. The van der Waals surface area contributed by atoms with Gasteiger partial charge in [-0.1, -0.05) is 0 Å². The molecule has 5 rings (SSSR count). The highest BCUT2D eigenvalue weighted by molar-refractivity contribution is 5.94. The van der Waals surface area contributed by atoms with Crippen LogP contribution in [0.15, 0.2) is 48.5 Å². The zero-order valence-corrected chi connectivity index (χ0v) is 16.8. The summed E-state index contributed by atoms with van der Waals surface area (Å²) < 4.78 is 10.8. The van der Waals surface area contributed by atoms with Crippen molar-refractivity contribution < 1.29 is 19.1 Å². The largest absolute Gasteiger partial charge is 0.457 e. The molecule has 152 valence electrons. The van der Waals surface area contributed by atoms with Gasteiger partial charge >= 0.3 is 5.97 Å². The Labute approximate surface area is 170 Å². The van der Waals surface area contributed by atoms with Crippen molar-refractivity contribution in [3.63, 3.8) is 0 Å². The minimum atomic E-state index is -0.361. The van der Waals surface area contributed by atoms with Crippen molar-refractivity contribution in [1.29, 1.82) is 0 Å². The summed E-state index contributed by atoms with van der Waals surface area (Å²) in [5, 5.41) is 3.24. The third-order valence-electron chi connectivity index (χ3n) is 5.91. The number of benzene rings is 2. The fourth-order valence-electron chi connectivity index (χ4n) is 4.33. The van der Waals surface area contributed by atoms with E-state index >= 15 is 0 Å². The second kappa shape index (κ2) is 8.25. The van der Waals surface area contributed by atoms with Crippen LogP contribution in [0.3, 0.4) is 0 Å². The molecule has 29 heavy (non-hydrogen) atoms. The Balaban J connectivity index is 1.36. The Hall–Kier alpha value is -2.86. The van der Waals surface area contributed by atoms with E-state index in [1.54, 1.807) is 48.5 Å². The summed E-state index contributed by atoms with van der Waals surface area (Å²) in [6, 6.07) is 14.6. The number of hydrogen-bond acceptors (Lipinski definition) is 5. The zero-order chi connectivity index (χ0) is 20.4. The molecule has 1 amide bonds. The lowest BCUT2D eigenvalue weighted by Crippen LogP contribution is -2.62. The lowest BCUT2D eigenvalue weighted by molar-refractivity contribution is -0.131. The molecule has 6 heteroatoms. The van der Waals surface area contributed by atoms with Crippen molar-refractivity contribution in [3.05, 3.63) is 54.1 Å². The van der Waals surface area contributed by atoms with Gasteiger partial charge in [0.15, 0.2) is 0 Å². The summed E-state index contributed by atoms with van der Waals surface area (Å²) in [5.41, 5.74) is 0.631. The molecule has 6 nitrogen and oxygen atoms in total. The molecule has 1 unspecified atom stereocenters. The molecule has 3 fully saturated rings. The van der Waals surface area contributed by atoms with Crippen LogP contribution in [0.1, 0.15) is 37.0 Å². The van der Waals surface area contributed by atoms with E-state index in [1.807, 2.05) is 0 Å². The van der Waals surface area contributed by atoms with Crippen LogP contribution in [0.25, 0.3) is 0 Å². The van der Waals surface area contributed by atoms with Crippen LogP contribution in [-0.4, -0.2) is 41.9 Å². The van der Waals surface area contributed by atoms with E-state index in [9.17, 15) is 9.59 Å². The maximum Gasteiger partial charge on any atom is 0.308 e. The summed E-state index contributed by atoms with van der Waals surface area (Å²) in [4.78, 5) is 26.2. The van der Waals surface area contributed by atoms with E-state index < -0.39 is 0 Å². The maximum atomic E-state index is 12.7. The van der Waals surface area contributed by atoms with E-state index in [0.29, 0.717) is 34.8 Å². The number of nitrogens with zero attached hydrogens (tertiary/aromatic N) is 1. The molecular formula is C23H26N2O4. The topological polar surface area (TPSA) is 67.9 Å². The first kappa shape index (κ1) is 19.5. The van der Waals surface area contributed by atoms with Gasteiger partial charge in [0.2, 0.25) is 0 Å². The lowest BCUT2D eigenvalue weighted by atomic mass is 9.79. The van der Waals surface area contributed by atoms with Crippen LogP contribution in [0, 0.1) is 5.92 Å². The molecule has 2 bridgehead atoms. The van der Waals surface area contributed by atoms with Gasteiger partial charge in [0, 0.05) is 24.6 Å². The molecule has 3 aliphatic heterocycles. The first-order chi connectivity index (χ1) is 14.0. The molecule has 2 atom stereocenters. The average Bonchev–Trinajstić information content (AvgIpc) is 2.72. The molecular weight excluding hydrogens is 368 g/mol. The summed E-state index contributed by atoms with van der Waals surface area (Å²) in [6.45, 7) is 5.86. The number of piperidine rings is 3. The van der Waals surface area contributed by atoms with Crippen LogP contribution in [0.2, 0.25) is 0 Å². The zero-order valence-electron chi connectivity index (χ0n) is 16.8. The van der Waals surface area contributed by atoms with Crippen LogP contribution in [0.4, 0.5) is 0 Å². The van der Waals surface area contributed by atoms with Crippen molar-refractivity contribution in [2.45, 2.75) is 38.8 Å². The minimum absolute atomic E-state index is 0.0344. The Morgan fingerprint density at radius 2 is 1.48 bits per heavy atom. The van der Waals surface area contributed by atoms with Crippen molar-refractivity contribution in [2.75, 3.05) is 13.1 Å². The van der Waals surface area contributed by atoms with Gasteiger partial charge in [-0.2, -0.15) is 0 Å². The molecule has 1 N–H and O–H groups in total. The minimum Gasteiger partial charge on any atom is -0.457 e. The van der Waals surface area contributed by atoms with Crippen molar-refractivity contribution >= 4 is 11.9 Å². The number of ether oxygens (including phenoxy) is 2. The van der Waals surface area contributed by atoms with Gasteiger partial charge in [-0.05, 0) is 87.3 Å². The number of hydrogen-bond donors (Lipinski definition) is 1. The summed E-state index contributed by atoms with van der Waals surface area (Å²) >= 11 is 0. The SMILES string of the molecule is CC(=O)Oc1ccc(Oc2ccc(C(=O)N[C@@H]3C4CCN(CC4)C3C)cc2)cc1. The molecule has 0 aromatic heterocycles. The van der Waals surface area contributed by atoms with Crippen molar-refractivity contribution in [1.82, 2.24) is 10.2 Å². The van der Waals surface area contributed by atoms with E-state index in [0.717, 1.165) is 25.9 Å². The molecule has 2 aromatic rings. The first-order valence-electron chi connectivity index (χ1n) is 10.1. The molecule has 0 saturated carbocycles. The maximum absolute atomic E-state index is 12.7. The highest BCUT2D eigenvalue weighted by Gasteiger charge is 2.40. The summed E-state index contributed by atoms with van der Waals surface area (Å²) in [7, 11) is 0. The van der Waals surface area contributed by atoms with Crippen molar-refractivity contribution in [2.24, 2.45) is 5.92 Å². The Kier molecular flexibility index (Phi) is 5.53. The van der Waals surface area contributed by atoms with Crippen LogP contribution >= 0.6 is 0 Å². The standard InChI is InChI=1S/C23H26N2O4/c1-15-22(17-11-13-25(15)14-12-17)24-23(27)18-3-5-20(6-4-18)29-21-9-7-19(8-10-21)28-16(2)26/h3-10,15,17,22H,11-14H2,1-2H3,(H,24,27)/t15?,22-/m0/s1. The predicted molar refractivity (Wildman–Crippen MR) is 109 cm³/mol. The van der Waals surface area contributed by atoms with E-state index in [2.05, 4.69) is 17.1 Å². The van der Waals surface area contributed by atoms with Gasteiger partial charge in [0.05, 0.1) is 0 Å². The number of carbonyl (C=O) groups excluding carboxylic acids is 2. The molecule has 0 aliphatic carbocycles. The second-order valence-electron chi connectivity index (χ2n) is 7.80. The van der Waals surface area contributed by atoms with E-state index in [1.165, 1.54) is 6.92 Å². The number of carbonyl (C=O) groups is 2. The number of esters is 1. The quantitative estimate of drug-likeness (QED) is 0.620. The highest BCUT2D eigenvalue weighted by atomic mass is 16.5.